The van der Waals surface area contributed by atoms with Gasteiger partial charge in [-0.3, -0.25) is 9.59 Å². The summed E-state index contributed by atoms with van der Waals surface area (Å²) in [6.45, 7) is 1.99. The minimum atomic E-state index is -0.326. The molecule has 0 saturated heterocycles. The second-order valence-electron chi connectivity index (χ2n) is 4.08. The molecule has 0 aliphatic heterocycles. The molecule has 1 aromatic rings. The van der Waals surface area contributed by atoms with Crippen molar-refractivity contribution in [2.24, 2.45) is 0 Å². The highest BCUT2D eigenvalue weighted by molar-refractivity contribution is 5.94. The lowest BCUT2D eigenvalue weighted by Crippen LogP contribution is -2.25. The largest absolute Gasteiger partial charge is 0.462 e. The van der Waals surface area contributed by atoms with E-state index in [1.165, 1.54) is 11.8 Å². The summed E-state index contributed by atoms with van der Waals surface area (Å²) in [6, 6.07) is 9.33. The van der Waals surface area contributed by atoms with Crippen LogP contribution in [0.5, 0.6) is 0 Å². The minimum Gasteiger partial charge on any atom is -0.462 e. The topological polar surface area (TPSA) is 46.6 Å². The highest BCUT2D eigenvalue weighted by Gasteiger charge is 2.01. The molecule has 0 radical (unpaired) electrons. The second-order valence-corrected chi connectivity index (χ2v) is 4.08. The number of likely N-dealkylation sites (N-methyl/N-ethyl adjacent to an activating group) is 1. The predicted molar refractivity (Wildman–Crippen MR) is 76.7 cm³/mol. The monoisotopic (exact) mass is 271 g/mol. The van der Waals surface area contributed by atoms with Crippen molar-refractivity contribution >= 4 is 11.9 Å². The molecule has 0 saturated carbocycles. The Hall–Kier alpha value is -2.54. The molecule has 0 heterocycles. The van der Waals surface area contributed by atoms with Crippen molar-refractivity contribution in [1.29, 1.82) is 0 Å². The van der Waals surface area contributed by atoms with Gasteiger partial charge in [0, 0.05) is 32.0 Å². The van der Waals surface area contributed by atoms with Crippen molar-refractivity contribution in [2.75, 3.05) is 20.2 Å². The van der Waals surface area contributed by atoms with E-state index >= 15 is 0 Å². The summed E-state index contributed by atoms with van der Waals surface area (Å²) in [5, 5.41) is 0. The van der Waals surface area contributed by atoms with Crippen LogP contribution in [0.1, 0.15) is 12.5 Å². The third-order valence-corrected chi connectivity index (χ3v) is 2.36. The van der Waals surface area contributed by atoms with Crippen molar-refractivity contribution in [2.45, 2.75) is 6.92 Å². The van der Waals surface area contributed by atoms with Crippen molar-refractivity contribution in [1.82, 2.24) is 4.90 Å². The van der Waals surface area contributed by atoms with Gasteiger partial charge in [0.15, 0.2) is 0 Å². The lowest BCUT2D eigenvalue weighted by molar-refractivity contribution is -0.139. The summed E-state index contributed by atoms with van der Waals surface area (Å²) in [5.74, 6) is 4.80. The summed E-state index contributed by atoms with van der Waals surface area (Å²) in [6.07, 6.45) is 3.45. The van der Waals surface area contributed by atoms with Crippen molar-refractivity contribution < 1.29 is 14.3 Å². The van der Waals surface area contributed by atoms with Gasteiger partial charge in [0.2, 0.25) is 0 Å². The van der Waals surface area contributed by atoms with Crippen LogP contribution in [-0.2, 0) is 14.3 Å². The number of carbonyl (C=O) groups is 2. The summed E-state index contributed by atoms with van der Waals surface area (Å²) >= 11 is 0. The summed E-state index contributed by atoms with van der Waals surface area (Å²) in [7, 11) is 1.66. The maximum Gasteiger partial charge on any atom is 0.302 e. The highest BCUT2D eigenvalue weighted by atomic mass is 16.5. The van der Waals surface area contributed by atoms with Gasteiger partial charge in [0.05, 0.1) is 0 Å². The first-order valence-corrected chi connectivity index (χ1v) is 6.20. The Balaban J connectivity index is 2.40. The average molecular weight is 271 g/mol. The van der Waals surface area contributed by atoms with E-state index in [0.29, 0.717) is 6.54 Å². The van der Waals surface area contributed by atoms with E-state index in [1.54, 1.807) is 19.2 Å². The zero-order valence-electron chi connectivity index (χ0n) is 11.6. The Labute approximate surface area is 119 Å². The van der Waals surface area contributed by atoms with Crippen LogP contribution in [0.25, 0.3) is 0 Å². The quantitative estimate of drug-likeness (QED) is 0.475. The lowest BCUT2D eigenvalue weighted by atomic mass is 10.2. The van der Waals surface area contributed by atoms with Gasteiger partial charge in [-0.25, -0.2) is 0 Å². The van der Waals surface area contributed by atoms with Gasteiger partial charge in [-0.15, -0.1) is 0 Å². The first kappa shape index (κ1) is 15.5. The Morgan fingerprint density at radius 1 is 1.25 bits per heavy atom. The third kappa shape index (κ3) is 6.41. The van der Waals surface area contributed by atoms with Crippen LogP contribution in [0.15, 0.2) is 42.5 Å². The molecule has 104 valence electrons. The molecule has 1 aromatic carbocycles. The zero-order chi connectivity index (χ0) is 14.8. The molecule has 0 atom stereocenters. The molecule has 0 spiro atoms. The Morgan fingerprint density at radius 3 is 2.60 bits per heavy atom. The Kier molecular flexibility index (Phi) is 6.63. The summed E-state index contributed by atoms with van der Waals surface area (Å²) in [4.78, 5) is 23.7. The number of carbonyl (C=O) groups excluding carboxylic acids is 2. The number of hydrogen-bond acceptors (Lipinski definition) is 3. The molecule has 0 bridgehead atoms. The van der Waals surface area contributed by atoms with Crippen LogP contribution >= 0.6 is 0 Å². The third-order valence-electron chi connectivity index (χ3n) is 2.36. The average Bonchev–Trinajstić information content (AvgIpc) is 2.45. The van der Waals surface area contributed by atoms with Crippen LogP contribution in [0.2, 0.25) is 0 Å². The standard InChI is InChI=1S/C16H17NO3/c1-14(18)20-13-7-6-12-17(2)16(19)11-10-15-8-4-3-5-9-15/h3-9H,12-13H2,1-2H3/b7-6-. The van der Waals surface area contributed by atoms with E-state index < -0.39 is 0 Å². The van der Waals surface area contributed by atoms with Crippen LogP contribution in [0, 0.1) is 11.8 Å². The summed E-state index contributed by atoms with van der Waals surface area (Å²) < 4.78 is 4.73. The predicted octanol–water partition coefficient (Wildman–Crippen LogP) is 1.62. The fourth-order valence-electron chi connectivity index (χ4n) is 1.29. The molecule has 0 unspecified atom stereocenters. The first-order valence-electron chi connectivity index (χ1n) is 6.20. The van der Waals surface area contributed by atoms with Gasteiger partial charge < -0.3 is 9.64 Å². The molecule has 4 heteroatoms. The van der Waals surface area contributed by atoms with E-state index in [0.717, 1.165) is 5.56 Å². The molecule has 0 aliphatic rings. The van der Waals surface area contributed by atoms with Gasteiger partial charge in [-0.2, -0.15) is 0 Å². The molecule has 20 heavy (non-hydrogen) atoms. The number of esters is 1. The molecule has 0 aliphatic carbocycles. The smallest absolute Gasteiger partial charge is 0.302 e. The SMILES string of the molecule is CC(=O)OC/C=C\CN(C)C(=O)C#Cc1ccccc1. The van der Waals surface area contributed by atoms with Crippen molar-refractivity contribution in [3.05, 3.63) is 48.0 Å². The second kappa shape index (κ2) is 8.54. The van der Waals surface area contributed by atoms with Crippen LogP contribution in [0.4, 0.5) is 0 Å². The fraction of sp³-hybridized carbons (Fsp3) is 0.250. The molecular formula is C16H17NO3. The molecule has 0 N–H and O–H groups in total. The molecular weight excluding hydrogens is 254 g/mol. The number of hydrogen-bond donors (Lipinski definition) is 0. The van der Waals surface area contributed by atoms with Crippen LogP contribution in [0.3, 0.4) is 0 Å². The van der Waals surface area contributed by atoms with Gasteiger partial charge >= 0.3 is 5.97 Å². The number of rotatable bonds is 4. The molecule has 1 rings (SSSR count). The fourth-order valence-corrected chi connectivity index (χ4v) is 1.29. The molecule has 0 fully saturated rings. The maximum atomic E-state index is 11.7. The lowest BCUT2D eigenvalue weighted by Gasteiger charge is -2.10. The summed E-state index contributed by atoms with van der Waals surface area (Å²) in [5.41, 5.74) is 0.805. The minimum absolute atomic E-state index is 0.215. The van der Waals surface area contributed by atoms with E-state index in [9.17, 15) is 9.59 Å². The van der Waals surface area contributed by atoms with Crippen LogP contribution < -0.4 is 0 Å². The van der Waals surface area contributed by atoms with E-state index in [4.69, 9.17) is 4.74 Å². The number of amides is 1. The number of ether oxygens (including phenoxy) is 1. The highest BCUT2D eigenvalue weighted by Crippen LogP contribution is 1.95. The molecule has 1 amide bonds. The van der Waals surface area contributed by atoms with Gasteiger partial charge in [-0.05, 0) is 18.2 Å². The maximum absolute atomic E-state index is 11.7. The first-order chi connectivity index (χ1) is 9.59. The van der Waals surface area contributed by atoms with Gasteiger partial charge in [0.25, 0.3) is 5.91 Å². The van der Waals surface area contributed by atoms with Crippen molar-refractivity contribution in [3.63, 3.8) is 0 Å². The molecule has 0 aromatic heterocycles. The normalized spacial score (nSPS) is 9.70. The Morgan fingerprint density at radius 2 is 1.95 bits per heavy atom. The molecule has 4 nitrogen and oxygen atoms in total. The zero-order valence-corrected chi connectivity index (χ0v) is 11.6. The van der Waals surface area contributed by atoms with E-state index in [-0.39, 0.29) is 18.5 Å². The van der Waals surface area contributed by atoms with Gasteiger partial charge in [0.1, 0.15) is 6.61 Å². The van der Waals surface area contributed by atoms with Crippen molar-refractivity contribution in [3.8, 4) is 11.8 Å². The van der Waals surface area contributed by atoms with E-state index in [2.05, 4.69) is 11.8 Å². The number of benzene rings is 1. The van der Waals surface area contributed by atoms with Crippen LogP contribution in [-0.4, -0.2) is 37.0 Å². The van der Waals surface area contributed by atoms with E-state index in [1.807, 2.05) is 30.3 Å². The number of nitrogens with zero attached hydrogens (tertiary/aromatic N) is 1. The Bertz CT molecular complexity index is 538. The van der Waals surface area contributed by atoms with Gasteiger partial charge in [-0.1, -0.05) is 30.2 Å².